The van der Waals surface area contributed by atoms with Crippen LogP contribution in [0.1, 0.15) is 59.5 Å². The number of ether oxygens (including phenoxy) is 1. The van der Waals surface area contributed by atoms with Crippen molar-refractivity contribution < 1.29 is 23.8 Å². The minimum atomic E-state index is -0.727. The van der Waals surface area contributed by atoms with Gasteiger partial charge in [0.25, 0.3) is 5.91 Å². The zero-order chi connectivity index (χ0) is 27.4. The first-order chi connectivity index (χ1) is 18.9. The van der Waals surface area contributed by atoms with E-state index in [1.165, 1.54) is 17.7 Å². The highest BCUT2D eigenvalue weighted by atomic mass is 19.1. The number of rotatable bonds is 8. The van der Waals surface area contributed by atoms with Crippen LogP contribution in [-0.4, -0.2) is 46.6 Å². The van der Waals surface area contributed by atoms with E-state index >= 15 is 0 Å². The monoisotopic (exact) mass is 533 g/mol. The highest BCUT2D eigenvalue weighted by Gasteiger charge is 2.30. The van der Waals surface area contributed by atoms with Crippen LogP contribution in [0.5, 0.6) is 5.88 Å². The van der Waals surface area contributed by atoms with Crippen LogP contribution in [0.15, 0.2) is 48.5 Å². The van der Waals surface area contributed by atoms with Crippen molar-refractivity contribution in [3.8, 4) is 5.88 Å². The molecule has 1 aliphatic heterocycles. The van der Waals surface area contributed by atoms with Crippen LogP contribution >= 0.6 is 0 Å². The number of carbonyl (C=O) groups excluding carboxylic acids is 1. The normalized spacial score (nSPS) is 19.1. The lowest BCUT2D eigenvalue weighted by atomic mass is 9.77. The zero-order valence-electron chi connectivity index (χ0n) is 21.6. The number of amides is 1. The molecular formula is C29H32FN5O4. The predicted octanol–water partition coefficient (Wildman–Crippen LogP) is 4.64. The molecule has 1 fully saturated rings. The third-order valence-corrected chi connectivity index (χ3v) is 7.49. The van der Waals surface area contributed by atoms with Gasteiger partial charge in [0.05, 0.1) is 6.54 Å². The van der Waals surface area contributed by atoms with Crippen LogP contribution in [0.3, 0.4) is 0 Å². The number of carbonyl (C=O) groups is 2. The Hall–Kier alpha value is -4.21. The number of carboxylic acid groups (broad SMARTS) is 1. The van der Waals surface area contributed by atoms with E-state index < -0.39 is 5.97 Å². The number of nitrogen functional groups attached to an aromatic ring is 1. The Balaban J connectivity index is 1.24. The van der Waals surface area contributed by atoms with Gasteiger partial charge in [0.15, 0.2) is 0 Å². The number of benzene rings is 2. The van der Waals surface area contributed by atoms with Gasteiger partial charge in [-0.1, -0.05) is 24.3 Å². The molecule has 3 aromatic rings. The molecule has 0 unspecified atom stereocenters. The number of nitrogens with one attached hydrogen (secondary N) is 1. The Kier molecular flexibility index (Phi) is 7.90. The molecule has 0 atom stereocenters. The quantitative estimate of drug-likeness (QED) is 0.382. The predicted molar refractivity (Wildman–Crippen MR) is 146 cm³/mol. The number of nitrogens with zero attached hydrogens (tertiary/aromatic N) is 3. The first-order valence-corrected chi connectivity index (χ1v) is 13.3. The van der Waals surface area contributed by atoms with Gasteiger partial charge < -0.3 is 25.8 Å². The first-order valence-electron chi connectivity index (χ1n) is 13.3. The maximum absolute atomic E-state index is 13.5. The van der Waals surface area contributed by atoms with Crippen molar-refractivity contribution in [2.75, 3.05) is 35.6 Å². The Bertz CT molecular complexity index is 1340. The fourth-order valence-electron chi connectivity index (χ4n) is 5.44. The van der Waals surface area contributed by atoms with Gasteiger partial charge in [0, 0.05) is 18.7 Å². The molecule has 10 heteroatoms. The van der Waals surface area contributed by atoms with Gasteiger partial charge >= 0.3 is 5.97 Å². The Labute approximate surface area is 226 Å². The molecular weight excluding hydrogens is 501 g/mol. The average Bonchev–Trinajstić information content (AvgIpc) is 3.08. The van der Waals surface area contributed by atoms with Crippen molar-refractivity contribution in [1.29, 1.82) is 0 Å². The maximum Gasteiger partial charge on any atom is 0.303 e. The molecule has 1 saturated carbocycles. The lowest BCUT2D eigenvalue weighted by molar-refractivity contribution is -0.138. The van der Waals surface area contributed by atoms with E-state index in [9.17, 15) is 14.0 Å². The molecule has 4 N–H and O–H groups in total. The summed E-state index contributed by atoms with van der Waals surface area (Å²) in [5.74, 6) is -0.287. The van der Waals surface area contributed by atoms with Gasteiger partial charge in [-0.05, 0) is 79.3 Å². The minimum absolute atomic E-state index is 0.0277. The summed E-state index contributed by atoms with van der Waals surface area (Å²) >= 11 is 0. The van der Waals surface area contributed by atoms with E-state index in [0.717, 1.165) is 36.9 Å². The highest BCUT2D eigenvalue weighted by Crippen LogP contribution is 2.38. The summed E-state index contributed by atoms with van der Waals surface area (Å²) in [5, 5.41) is 12.1. The van der Waals surface area contributed by atoms with Crippen molar-refractivity contribution in [3.63, 3.8) is 0 Å². The van der Waals surface area contributed by atoms with Crippen molar-refractivity contribution in [2.45, 2.75) is 44.4 Å². The third kappa shape index (κ3) is 6.27. The fourth-order valence-corrected chi connectivity index (χ4v) is 5.44. The second kappa shape index (κ2) is 11.7. The van der Waals surface area contributed by atoms with Crippen molar-refractivity contribution in [3.05, 3.63) is 71.0 Å². The van der Waals surface area contributed by atoms with Gasteiger partial charge in [-0.25, -0.2) is 4.39 Å². The summed E-state index contributed by atoms with van der Waals surface area (Å²) in [5.41, 5.74) is 9.10. The standard InChI is InChI=1S/C29H32FN5O4/c30-22-3-1-2-18(16-22)12-13-32-29-33-26(31)25-27(34-29)39-15-14-35(28(25)38)23-10-8-21(9-11-23)20-6-4-19(5-7-20)17-24(36)37/h1-3,8-11,16,19-20H,4-7,12-15,17H2,(H,36,37)(H3,31,32,33,34). The van der Waals surface area contributed by atoms with Gasteiger partial charge in [-0.15, -0.1) is 0 Å². The van der Waals surface area contributed by atoms with E-state index in [1.807, 2.05) is 30.3 Å². The molecule has 0 saturated heterocycles. The van der Waals surface area contributed by atoms with E-state index in [4.69, 9.17) is 15.6 Å². The van der Waals surface area contributed by atoms with Crippen LogP contribution < -0.4 is 20.7 Å². The van der Waals surface area contributed by atoms with Gasteiger partial charge in [-0.3, -0.25) is 9.59 Å². The number of aliphatic carboxylic acids is 1. The summed E-state index contributed by atoms with van der Waals surface area (Å²) in [6.07, 6.45) is 4.56. The van der Waals surface area contributed by atoms with Crippen LogP contribution in [-0.2, 0) is 11.2 Å². The molecule has 2 aromatic carbocycles. The zero-order valence-corrected chi connectivity index (χ0v) is 21.6. The minimum Gasteiger partial charge on any atom is -0.481 e. The molecule has 0 radical (unpaired) electrons. The molecule has 2 heterocycles. The summed E-state index contributed by atoms with van der Waals surface area (Å²) in [7, 11) is 0. The van der Waals surface area contributed by atoms with Crippen LogP contribution in [0.2, 0.25) is 0 Å². The van der Waals surface area contributed by atoms with E-state index in [2.05, 4.69) is 15.3 Å². The van der Waals surface area contributed by atoms with Gasteiger partial charge in [0.2, 0.25) is 11.8 Å². The van der Waals surface area contributed by atoms with Gasteiger partial charge in [0.1, 0.15) is 23.8 Å². The van der Waals surface area contributed by atoms with E-state index in [-0.39, 0.29) is 53.9 Å². The SMILES string of the molecule is Nc1nc(NCCc2cccc(F)c2)nc2c1C(=O)N(c1ccc(C3CCC(CC(=O)O)CC3)cc1)CCO2. The molecule has 9 nitrogen and oxygen atoms in total. The van der Waals surface area contributed by atoms with Crippen LogP contribution in [0, 0.1) is 11.7 Å². The summed E-state index contributed by atoms with van der Waals surface area (Å²) < 4.78 is 19.2. The fraction of sp³-hybridized carbons (Fsp3) is 0.379. The number of hydrogen-bond acceptors (Lipinski definition) is 7. The molecule has 1 aromatic heterocycles. The lowest BCUT2D eigenvalue weighted by Crippen LogP contribution is -2.32. The molecule has 1 aliphatic carbocycles. The molecule has 0 spiro atoms. The number of anilines is 3. The molecule has 1 amide bonds. The average molecular weight is 534 g/mol. The molecule has 5 rings (SSSR count). The smallest absolute Gasteiger partial charge is 0.303 e. The summed E-state index contributed by atoms with van der Waals surface area (Å²) in [6.45, 7) is 1.03. The molecule has 2 aliphatic rings. The number of nitrogens with two attached hydrogens (primary N) is 1. The lowest BCUT2D eigenvalue weighted by Gasteiger charge is -2.28. The Morgan fingerprint density at radius 2 is 1.90 bits per heavy atom. The summed E-state index contributed by atoms with van der Waals surface area (Å²) in [4.78, 5) is 34.8. The van der Waals surface area contributed by atoms with Crippen molar-refractivity contribution in [1.82, 2.24) is 9.97 Å². The number of halogens is 1. The topological polar surface area (TPSA) is 131 Å². The third-order valence-electron chi connectivity index (χ3n) is 7.49. The second-order valence-electron chi connectivity index (χ2n) is 10.1. The van der Waals surface area contributed by atoms with E-state index in [1.54, 1.807) is 11.0 Å². The summed E-state index contributed by atoms with van der Waals surface area (Å²) in [6, 6.07) is 14.3. The number of fused-ring (bicyclic) bond motifs is 1. The molecule has 204 valence electrons. The number of carboxylic acids is 1. The van der Waals surface area contributed by atoms with Gasteiger partial charge in [-0.2, -0.15) is 9.97 Å². The van der Waals surface area contributed by atoms with Crippen molar-refractivity contribution in [2.24, 2.45) is 5.92 Å². The molecule has 0 bridgehead atoms. The number of aromatic nitrogens is 2. The molecule has 39 heavy (non-hydrogen) atoms. The largest absolute Gasteiger partial charge is 0.481 e. The Morgan fingerprint density at radius 1 is 1.13 bits per heavy atom. The first kappa shape index (κ1) is 26.4. The highest BCUT2D eigenvalue weighted by molar-refractivity contribution is 6.10. The van der Waals surface area contributed by atoms with Crippen LogP contribution in [0.4, 0.5) is 21.8 Å². The maximum atomic E-state index is 13.5. The van der Waals surface area contributed by atoms with Crippen molar-refractivity contribution >= 4 is 29.3 Å². The second-order valence-corrected chi connectivity index (χ2v) is 10.1. The van der Waals surface area contributed by atoms with E-state index in [0.29, 0.717) is 25.4 Å². The Morgan fingerprint density at radius 3 is 2.62 bits per heavy atom. The van der Waals surface area contributed by atoms with Crippen LogP contribution in [0.25, 0.3) is 0 Å². The number of hydrogen-bond donors (Lipinski definition) is 3.